The van der Waals surface area contributed by atoms with Crippen molar-refractivity contribution in [1.82, 2.24) is 10.3 Å². The number of anilines is 1. The van der Waals surface area contributed by atoms with Gasteiger partial charge in [-0.2, -0.15) is 0 Å². The number of hydrogen-bond acceptors (Lipinski definition) is 6. The van der Waals surface area contributed by atoms with Gasteiger partial charge in [-0.15, -0.1) is 0 Å². The van der Waals surface area contributed by atoms with E-state index in [0.717, 1.165) is 50.2 Å². The van der Waals surface area contributed by atoms with E-state index >= 15 is 0 Å². The van der Waals surface area contributed by atoms with Gasteiger partial charge in [-0.25, -0.2) is 18.6 Å². The van der Waals surface area contributed by atoms with Crippen molar-refractivity contribution in [3.05, 3.63) is 23.4 Å². The van der Waals surface area contributed by atoms with Crippen LogP contribution in [0.15, 0.2) is 12.1 Å². The number of carboxylic acid groups (broad SMARTS) is 1. The number of rotatable bonds is 12. The van der Waals surface area contributed by atoms with E-state index in [1.165, 1.54) is 5.56 Å². The highest BCUT2D eigenvalue weighted by atomic mass is 19.3. The fourth-order valence-corrected chi connectivity index (χ4v) is 3.91. The molecule has 178 valence electrons. The summed E-state index contributed by atoms with van der Waals surface area (Å²) < 4.78 is 37.3. The van der Waals surface area contributed by atoms with Crippen molar-refractivity contribution in [3.63, 3.8) is 0 Å². The van der Waals surface area contributed by atoms with Gasteiger partial charge in [-0.3, -0.25) is 4.79 Å². The summed E-state index contributed by atoms with van der Waals surface area (Å²) in [4.78, 5) is 28.4. The van der Waals surface area contributed by atoms with Gasteiger partial charge in [0.05, 0.1) is 6.61 Å². The lowest BCUT2D eigenvalue weighted by molar-refractivity contribution is -0.148. The molecule has 3 rings (SSSR count). The lowest BCUT2D eigenvalue weighted by Gasteiger charge is -2.27. The molecule has 1 aromatic rings. The smallest absolute Gasteiger partial charge is 0.326 e. The summed E-state index contributed by atoms with van der Waals surface area (Å²) in [5, 5.41) is 14.9. The molecule has 0 bridgehead atoms. The second kappa shape index (κ2) is 11.5. The molecular formula is C22H31F2N3O5. The summed E-state index contributed by atoms with van der Waals surface area (Å²) in [6.45, 7) is 1.14. The number of ether oxygens (including phenoxy) is 2. The monoisotopic (exact) mass is 455 g/mol. The SMILES string of the molecule is O=C(O)[C@H](CCOCCCCc1ccc2c(n1)NCCC2)NC(=O)C1(C(F)F)CCOC1. The Labute approximate surface area is 186 Å². The molecule has 0 aliphatic carbocycles. The van der Waals surface area contributed by atoms with E-state index in [2.05, 4.69) is 21.7 Å². The van der Waals surface area contributed by atoms with Gasteiger partial charge in [-0.05, 0) is 50.2 Å². The standard InChI is InChI=1S/C22H31F2N3O5/c23-20(24)22(9-13-32-14-22)21(30)27-17(19(28)29)8-12-31-11-2-1-5-16-7-6-15-4-3-10-25-18(15)26-16/h6-7,17,20H,1-5,8-14H2,(H,25,26)(H,27,30)(H,28,29)/t17-,22?/m0/s1. The molecule has 3 N–H and O–H groups in total. The minimum Gasteiger partial charge on any atom is -0.480 e. The van der Waals surface area contributed by atoms with Crippen LogP contribution in [0.5, 0.6) is 0 Å². The molecule has 2 aliphatic heterocycles. The first-order valence-electron chi connectivity index (χ1n) is 11.1. The van der Waals surface area contributed by atoms with Gasteiger partial charge in [0, 0.05) is 38.5 Å². The average Bonchev–Trinajstić information content (AvgIpc) is 3.29. The van der Waals surface area contributed by atoms with Crippen LogP contribution in [0.1, 0.15) is 43.4 Å². The zero-order valence-electron chi connectivity index (χ0n) is 18.1. The van der Waals surface area contributed by atoms with Gasteiger partial charge in [0.25, 0.3) is 6.43 Å². The van der Waals surface area contributed by atoms with Crippen molar-refractivity contribution in [2.75, 3.05) is 38.3 Å². The Balaban J connectivity index is 1.34. The van der Waals surface area contributed by atoms with Crippen LogP contribution < -0.4 is 10.6 Å². The van der Waals surface area contributed by atoms with E-state index < -0.39 is 36.4 Å². The third kappa shape index (κ3) is 6.13. The van der Waals surface area contributed by atoms with Crippen molar-refractivity contribution in [3.8, 4) is 0 Å². The Hall–Kier alpha value is -2.33. The first-order chi connectivity index (χ1) is 15.4. The molecule has 1 aromatic heterocycles. The third-order valence-corrected chi connectivity index (χ3v) is 6.00. The lowest BCUT2D eigenvalue weighted by atomic mass is 9.86. The zero-order chi connectivity index (χ0) is 23.0. The van der Waals surface area contributed by atoms with Crippen LogP contribution in [0.2, 0.25) is 0 Å². The van der Waals surface area contributed by atoms with Crippen LogP contribution in [0.3, 0.4) is 0 Å². The number of carboxylic acids is 1. The molecule has 1 unspecified atom stereocenters. The highest BCUT2D eigenvalue weighted by molar-refractivity contribution is 5.88. The Morgan fingerprint density at radius 2 is 2.16 bits per heavy atom. The van der Waals surface area contributed by atoms with Crippen LogP contribution in [0, 0.1) is 5.41 Å². The van der Waals surface area contributed by atoms with E-state index in [9.17, 15) is 23.5 Å². The Morgan fingerprint density at radius 1 is 1.31 bits per heavy atom. The molecule has 0 aromatic carbocycles. The minimum absolute atomic E-state index is 0.000699. The number of aromatic nitrogens is 1. The Morgan fingerprint density at radius 3 is 2.88 bits per heavy atom. The molecule has 2 atom stereocenters. The normalized spacial score (nSPS) is 21.1. The molecule has 1 saturated heterocycles. The minimum atomic E-state index is -2.92. The quantitative estimate of drug-likeness (QED) is 0.415. The molecule has 0 saturated carbocycles. The summed E-state index contributed by atoms with van der Waals surface area (Å²) in [5.74, 6) is -1.29. The predicted octanol–water partition coefficient (Wildman–Crippen LogP) is 2.41. The highest BCUT2D eigenvalue weighted by Gasteiger charge is 2.51. The summed E-state index contributed by atoms with van der Waals surface area (Å²) in [6.07, 6.45) is 1.61. The fraction of sp³-hybridized carbons (Fsp3) is 0.682. The second-order valence-corrected chi connectivity index (χ2v) is 8.32. The van der Waals surface area contributed by atoms with Gasteiger partial charge < -0.3 is 25.2 Å². The zero-order valence-corrected chi connectivity index (χ0v) is 18.1. The van der Waals surface area contributed by atoms with Crippen LogP contribution in [0.25, 0.3) is 0 Å². The third-order valence-electron chi connectivity index (χ3n) is 6.00. The van der Waals surface area contributed by atoms with Crippen LogP contribution in [-0.4, -0.2) is 67.4 Å². The fourth-order valence-electron chi connectivity index (χ4n) is 3.91. The number of alkyl halides is 2. The molecule has 0 spiro atoms. The lowest BCUT2D eigenvalue weighted by Crippen LogP contribution is -2.52. The highest BCUT2D eigenvalue weighted by Crippen LogP contribution is 2.35. The number of hydrogen-bond donors (Lipinski definition) is 3. The summed E-state index contributed by atoms with van der Waals surface area (Å²) >= 11 is 0. The molecule has 1 amide bonds. The molecule has 10 heteroatoms. The van der Waals surface area contributed by atoms with E-state index in [-0.39, 0.29) is 26.1 Å². The van der Waals surface area contributed by atoms with E-state index in [0.29, 0.717) is 6.61 Å². The van der Waals surface area contributed by atoms with Gasteiger partial charge in [0.1, 0.15) is 17.3 Å². The van der Waals surface area contributed by atoms with Crippen molar-refractivity contribution in [2.24, 2.45) is 5.41 Å². The predicted molar refractivity (Wildman–Crippen MR) is 113 cm³/mol. The molecule has 1 fully saturated rings. The number of pyridine rings is 1. The van der Waals surface area contributed by atoms with Crippen LogP contribution in [0.4, 0.5) is 14.6 Å². The maximum atomic E-state index is 13.4. The molecule has 3 heterocycles. The van der Waals surface area contributed by atoms with E-state index in [1.54, 1.807) is 0 Å². The number of nitrogens with zero attached hydrogens (tertiary/aromatic N) is 1. The summed E-state index contributed by atoms with van der Waals surface area (Å²) in [6, 6.07) is 2.89. The second-order valence-electron chi connectivity index (χ2n) is 8.32. The summed E-state index contributed by atoms with van der Waals surface area (Å²) in [5.41, 5.74) is 0.299. The largest absolute Gasteiger partial charge is 0.480 e. The molecular weight excluding hydrogens is 424 g/mol. The van der Waals surface area contributed by atoms with Crippen molar-refractivity contribution in [1.29, 1.82) is 0 Å². The number of amides is 1. The van der Waals surface area contributed by atoms with Gasteiger partial charge in [0.15, 0.2) is 0 Å². The van der Waals surface area contributed by atoms with Crippen LogP contribution >= 0.6 is 0 Å². The number of carbonyl (C=O) groups excluding carboxylic acids is 1. The number of aryl methyl sites for hydroxylation is 2. The van der Waals surface area contributed by atoms with Crippen molar-refractivity contribution < 1.29 is 33.0 Å². The maximum Gasteiger partial charge on any atom is 0.326 e. The number of halogens is 2. The molecule has 32 heavy (non-hydrogen) atoms. The maximum absolute atomic E-state index is 13.4. The van der Waals surface area contributed by atoms with Gasteiger partial charge in [-0.1, -0.05) is 6.07 Å². The summed E-state index contributed by atoms with van der Waals surface area (Å²) in [7, 11) is 0. The Kier molecular flexibility index (Phi) is 8.75. The molecule has 2 aliphatic rings. The topological polar surface area (TPSA) is 110 Å². The number of unbranched alkanes of at least 4 members (excludes halogenated alkanes) is 1. The van der Waals surface area contributed by atoms with E-state index in [1.807, 2.05) is 6.07 Å². The first kappa shape index (κ1) is 24.3. The number of carbonyl (C=O) groups is 2. The van der Waals surface area contributed by atoms with Crippen molar-refractivity contribution in [2.45, 2.75) is 57.4 Å². The Bertz CT molecular complexity index is 787. The number of nitrogens with one attached hydrogen (secondary N) is 2. The van der Waals surface area contributed by atoms with Gasteiger partial charge >= 0.3 is 5.97 Å². The number of fused-ring (bicyclic) bond motifs is 1. The van der Waals surface area contributed by atoms with Gasteiger partial charge in [0.2, 0.25) is 5.91 Å². The molecule has 0 radical (unpaired) electrons. The van der Waals surface area contributed by atoms with Crippen molar-refractivity contribution >= 4 is 17.7 Å². The average molecular weight is 456 g/mol. The molecule has 8 nitrogen and oxygen atoms in total. The van der Waals surface area contributed by atoms with E-state index in [4.69, 9.17) is 9.47 Å². The van der Waals surface area contributed by atoms with Crippen LogP contribution in [-0.2, 0) is 31.9 Å². The first-order valence-corrected chi connectivity index (χ1v) is 11.1. The number of aliphatic carboxylic acids is 1.